The Balaban J connectivity index is 2.02. The average Bonchev–Trinajstić information content (AvgIpc) is 2.57. The van der Waals surface area contributed by atoms with E-state index in [2.05, 4.69) is 31.3 Å². The summed E-state index contributed by atoms with van der Waals surface area (Å²) in [5.41, 5.74) is 3.52. The number of ether oxygens (including phenoxy) is 1. The van der Waals surface area contributed by atoms with Gasteiger partial charge >= 0.3 is 0 Å². The molecular formula is C20H24FNO2. The summed E-state index contributed by atoms with van der Waals surface area (Å²) in [5.74, 6) is -0.0528. The first-order valence-electron chi connectivity index (χ1n) is 8.20. The van der Waals surface area contributed by atoms with Crippen LogP contribution in [0, 0.1) is 19.7 Å². The molecule has 4 heteroatoms. The van der Waals surface area contributed by atoms with Gasteiger partial charge in [-0.2, -0.15) is 0 Å². The fourth-order valence-electron chi connectivity index (χ4n) is 2.46. The summed E-state index contributed by atoms with van der Waals surface area (Å²) in [7, 11) is 0. The molecule has 1 amide bonds. The third-order valence-electron chi connectivity index (χ3n) is 4.15. The van der Waals surface area contributed by atoms with Crippen molar-refractivity contribution in [2.24, 2.45) is 0 Å². The molecule has 0 heterocycles. The molecule has 2 atom stereocenters. The lowest BCUT2D eigenvalue weighted by molar-refractivity contribution is -0.128. The van der Waals surface area contributed by atoms with E-state index in [1.807, 2.05) is 13.0 Å². The monoisotopic (exact) mass is 329 g/mol. The number of carbonyl (C=O) groups excluding carboxylic acids is 1. The molecule has 2 aromatic rings. The van der Waals surface area contributed by atoms with Crippen LogP contribution < -0.4 is 10.1 Å². The number of halogens is 1. The normalized spacial score (nSPS) is 13.2. The zero-order chi connectivity index (χ0) is 17.7. The first-order valence-corrected chi connectivity index (χ1v) is 8.20. The van der Waals surface area contributed by atoms with Crippen LogP contribution in [-0.4, -0.2) is 12.0 Å². The minimum absolute atomic E-state index is 0.0592. The van der Waals surface area contributed by atoms with Crippen LogP contribution in [0.25, 0.3) is 0 Å². The lowest BCUT2D eigenvalue weighted by Gasteiger charge is -2.21. The Morgan fingerprint density at radius 3 is 2.38 bits per heavy atom. The number of amides is 1. The van der Waals surface area contributed by atoms with Gasteiger partial charge in [0.25, 0.3) is 5.91 Å². The van der Waals surface area contributed by atoms with E-state index < -0.39 is 6.10 Å². The Morgan fingerprint density at radius 2 is 1.79 bits per heavy atom. The Kier molecular flexibility index (Phi) is 5.96. The third-order valence-corrected chi connectivity index (χ3v) is 4.15. The molecule has 0 aromatic heterocycles. The van der Waals surface area contributed by atoms with Crippen LogP contribution in [0.1, 0.15) is 43.0 Å². The Bertz CT molecular complexity index is 697. The number of hydrogen-bond acceptors (Lipinski definition) is 2. The van der Waals surface area contributed by atoms with Gasteiger partial charge in [0.05, 0.1) is 6.04 Å². The minimum atomic E-state index is -0.656. The standard InChI is InChI=1S/C20H24FNO2/c1-5-19(16-7-6-13(2)14(3)12-16)22-20(23)15(4)24-18-10-8-17(21)9-11-18/h6-12,15,19H,5H2,1-4H3,(H,22,23). The van der Waals surface area contributed by atoms with Crippen LogP contribution in [0.3, 0.4) is 0 Å². The molecule has 0 saturated carbocycles. The molecular weight excluding hydrogens is 305 g/mol. The van der Waals surface area contributed by atoms with Gasteiger partial charge in [0.1, 0.15) is 11.6 Å². The molecule has 0 aliphatic heterocycles. The van der Waals surface area contributed by atoms with Gasteiger partial charge in [-0.15, -0.1) is 0 Å². The summed E-state index contributed by atoms with van der Waals surface area (Å²) in [6.45, 7) is 7.85. The minimum Gasteiger partial charge on any atom is -0.481 e. The van der Waals surface area contributed by atoms with Crippen molar-refractivity contribution in [1.82, 2.24) is 5.32 Å². The highest BCUT2D eigenvalue weighted by Crippen LogP contribution is 2.20. The van der Waals surface area contributed by atoms with Crippen LogP contribution in [0.2, 0.25) is 0 Å². The van der Waals surface area contributed by atoms with Crippen molar-refractivity contribution in [2.75, 3.05) is 0 Å². The van der Waals surface area contributed by atoms with Crippen LogP contribution >= 0.6 is 0 Å². The van der Waals surface area contributed by atoms with Crippen LogP contribution in [0.5, 0.6) is 5.75 Å². The second kappa shape index (κ2) is 7.95. The summed E-state index contributed by atoms with van der Waals surface area (Å²) in [4.78, 5) is 12.4. The van der Waals surface area contributed by atoms with Crippen molar-refractivity contribution in [2.45, 2.75) is 46.3 Å². The number of benzene rings is 2. The lowest BCUT2D eigenvalue weighted by atomic mass is 9.99. The molecule has 0 radical (unpaired) electrons. The van der Waals surface area contributed by atoms with Gasteiger partial charge < -0.3 is 10.1 Å². The van der Waals surface area contributed by atoms with E-state index in [-0.39, 0.29) is 17.8 Å². The fourth-order valence-corrected chi connectivity index (χ4v) is 2.46. The Hall–Kier alpha value is -2.36. The molecule has 2 aromatic carbocycles. The van der Waals surface area contributed by atoms with Crippen LogP contribution in [-0.2, 0) is 4.79 Å². The number of carbonyl (C=O) groups is 1. The van der Waals surface area contributed by atoms with E-state index in [4.69, 9.17) is 4.74 Å². The lowest BCUT2D eigenvalue weighted by Crippen LogP contribution is -2.38. The number of rotatable bonds is 6. The van der Waals surface area contributed by atoms with Crippen molar-refractivity contribution in [3.8, 4) is 5.75 Å². The van der Waals surface area contributed by atoms with Crippen LogP contribution in [0.4, 0.5) is 4.39 Å². The maximum absolute atomic E-state index is 12.9. The maximum Gasteiger partial charge on any atom is 0.261 e. The molecule has 0 aliphatic rings. The maximum atomic E-state index is 12.9. The molecule has 2 rings (SSSR count). The molecule has 1 N–H and O–H groups in total. The molecule has 24 heavy (non-hydrogen) atoms. The highest BCUT2D eigenvalue weighted by Gasteiger charge is 2.19. The highest BCUT2D eigenvalue weighted by atomic mass is 19.1. The summed E-state index contributed by atoms with van der Waals surface area (Å²) in [6, 6.07) is 11.8. The summed E-state index contributed by atoms with van der Waals surface area (Å²) >= 11 is 0. The molecule has 3 nitrogen and oxygen atoms in total. The van der Waals surface area contributed by atoms with Crippen molar-refractivity contribution < 1.29 is 13.9 Å². The Labute approximate surface area is 142 Å². The van der Waals surface area contributed by atoms with Gasteiger partial charge in [0.15, 0.2) is 6.10 Å². The SMILES string of the molecule is CCC(NC(=O)C(C)Oc1ccc(F)cc1)c1ccc(C)c(C)c1. The number of hydrogen-bond donors (Lipinski definition) is 1. The number of nitrogens with one attached hydrogen (secondary N) is 1. The van der Waals surface area contributed by atoms with Crippen molar-refractivity contribution >= 4 is 5.91 Å². The zero-order valence-electron chi connectivity index (χ0n) is 14.6. The predicted molar refractivity (Wildman–Crippen MR) is 93.6 cm³/mol. The second-order valence-corrected chi connectivity index (χ2v) is 6.03. The topological polar surface area (TPSA) is 38.3 Å². The van der Waals surface area contributed by atoms with E-state index in [9.17, 15) is 9.18 Å². The van der Waals surface area contributed by atoms with Crippen molar-refractivity contribution in [3.63, 3.8) is 0 Å². The van der Waals surface area contributed by atoms with Crippen molar-refractivity contribution in [1.29, 1.82) is 0 Å². The molecule has 2 unspecified atom stereocenters. The number of aryl methyl sites for hydroxylation is 2. The zero-order valence-corrected chi connectivity index (χ0v) is 14.6. The van der Waals surface area contributed by atoms with E-state index in [1.54, 1.807) is 6.92 Å². The smallest absolute Gasteiger partial charge is 0.261 e. The van der Waals surface area contributed by atoms with Gasteiger partial charge in [0.2, 0.25) is 0 Å². The molecule has 128 valence electrons. The van der Waals surface area contributed by atoms with E-state index >= 15 is 0 Å². The predicted octanol–water partition coefficient (Wildman–Crippen LogP) is 4.48. The van der Waals surface area contributed by atoms with Gasteiger partial charge in [-0.3, -0.25) is 4.79 Å². The molecule has 0 saturated heterocycles. The van der Waals surface area contributed by atoms with E-state index in [0.29, 0.717) is 5.75 Å². The van der Waals surface area contributed by atoms with Crippen molar-refractivity contribution in [3.05, 3.63) is 65.0 Å². The first kappa shape index (κ1) is 18.0. The van der Waals surface area contributed by atoms with Gasteiger partial charge in [0, 0.05) is 0 Å². The molecule has 0 bridgehead atoms. The third kappa shape index (κ3) is 4.57. The first-order chi connectivity index (χ1) is 11.4. The largest absolute Gasteiger partial charge is 0.481 e. The van der Waals surface area contributed by atoms with Gasteiger partial charge in [-0.1, -0.05) is 25.1 Å². The summed E-state index contributed by atoms with van der Waals surface area (Å²) in [5, 5.41) is 3.02. The van der Waals surface area contributed by atoms with Crippen LogP contribution in [0.15, 0.2) is 42.5 Å². The van der Waals surface area contributed by atoms with Gasteiger partial charge in [-0.05, 0) is 68.1 Å². The molecule has 0 aliphatic carbocycles. The summed E-state index contributed by atoms with van der Waals surface area (Å²) in [6.07, 6.45) is 0.133. The fraction of sp³-hybridized carbons (Fsp3) is 0.350. The highest BCUT2D eigenvalue weighted by molar-refractivity contribution is 5.81. The second-order valence-electron chi connectivity index (χ2n) is 6.03. The molecule has 0 spiro atoms. The molecule has 0 fully saturated rings. The average molecular weight is 329 g/mol. The van der Waals surface area contributed by atoms with Gasteiger partial charge in [-0.25, -0.2) is 4.39 Å². The quantitative estimate of drug-likeness (QED) is 0.849. The summed E-state index contributed by atoms with van der Waals surface area (Å²) < 4.78 is 18.5. The van der Waals surface area contributed by atoms with E-state index in [1.165, 1.54) is 35.4 Å². The Morgan fingerprint density at radius 1 is 1.12 bits per heavy atom. The van der Waals surface area contributed by atoms with E-state index in [0.717, 1.165) is 12.0 Å².